The molecule has 2 nitrogen and oxygen atoms in total. The van der Waals surface area contributed by atoms with Gasteiger partial charge in [-0.05, 0) is 36.5 Å². The third-order valence-electron chi connectivity index (χ3n) is 2.96. The molecule has 0 saturated heterocycles. The van der Waals surface area contributed by atoms with Crippen molar-refractivity contribution in [2.24, 2.45) is 0 Å². The van der Waals surface area contributed by atoms with Crippen molar-refractivity contribution in [1.29, 1.82) is 0 Å². The average molecular weight is 262 g/mol. The zero-order valence-electron chi connectivity index (χ0n) is 10.1. The van der Waals surface area contributed by atoms with Crippen molar-refractivity contribution in [3.05, 3.63) is 64.9 Å². The molecule has 0 aliphatic rings. The highest BCUT2D eigenvalue weighted by Gasteiger charge is 2.07. The van der Waals surface area contributed by atoms with Crippen molar-refractivity contribution in [3.63, 3.8) is 0 Å². The molecule has 1 atom stereocenters. The Hall–Kier alpha value is -1.38. The largest absolute Gasteiger partial charge is 0.388 e. The molecule has 1 N–H and O–H groups in total. The van der Waals surface area contributed by atoms with Crippen molar-refractivity contribution in [2.75, 3.05) is 0 Å². The lowest BCUT2D eigenvalue weighted by molar-refractivity contribution is 0.164. The highest BCUT2D eigenvalue weighted by molar-refractivity contribution is 6.31. The third-order valence-corrected chi connectivity index (χ3v) is 3.30. The Bertz CT molecular complexity index is 487. The van der Waals surface area contributed by atoms with E-state index >= 15 is 0 Å². The second-order valence-corrected chi connectivity index (χ2v) is 4.69. The summed E-state index contributed by atoms with van der Waals surface area (Å²) in [4.78, 5) is 3.95. The molecule has 0 saturated carbocycles. The minimum atomic E-state index is -0.396. The van der Waals surface area contributed by atoms with Crippen LogP contribution in [-0.2, 0) is 6.42 Å². The Morgan fingerprint density at radius 3 is 2.67 bits per heavy atom. The standard InChI is InChI=1S/C15H16ClNO/c16-14-11-17-10-9-12(14)7-4-8-15(18)13-5-2-1-3-6-13/h1-3,5-6,9-11,15,18H,4,7-8H2. The summed E-state index contributed by atoms with van der Waals surface area (Å²) in [6.07, 6.45) is 5.51. The van der Waals surface area contributed by atoms with Gasteiger partial charge in [-0.15, -0.1) is 0 Å². The summed E-state index contributed by atoms with van der Waals surface area (Å²) in [5.74, 6) is 0. The fourth-order valence-electron chi connectivity index (χ4n) is 1.93. The van der Waals surface area contributed by atoms with E-state index in [4.69, 9.17) is 11.6 Å². The molecule has 1 aromatic carbocycles. The predicted molar refractivity (Wildman–Crippen MR) is 73.6 cm³/mol. The Morgan fingerprint density at radius 1 is 1.17 bits per heavy atom. The first kappa shape index (κ1) is 13.1. The fraction of sp³-hybridized carbons (Fsp3) is 0.267. The van der Waals surface area contributed by atoms with Crippen molar-refractivity contribution in [1.82, 2.24) is 4.98 Å². The van der Waals surface area contributed by atoms with Crippen LogP contribution in [0.5, 0.6) is 0 Å². The van der Waals surface area contributed by atoms with E-state index in [1.165, 1.54) is 0 Å². The Balaban J connectivity index is 1.84. The normalized spacial score (nSPS) is 12.3. The van der Waals surface area contributed by atoms with E-state index in [2.05, 4.69) is 4.98 Å². The Morgan fingerprint density at radius 2 is 1.94 bits per heavy atom. The number of aliphatic hydroxyl groups is 1. The molecule has 94 valence electrons. The average Bonchev–Trinajstić information content (AvgIpc) is 2.42. The van der Waals surface area contributed by atoms with Crippen molar-refractivity contribution < 1.29 is 5.11 Å². The van der Waals surface area contributed by atoms with Gasteiger partial charge in [0.15, 0.2) is 0 Å². The second-order valence-electron chi connectivity index (χ2n) is 4.29. The van der Waals surface area contributed by atoms with E-state index in [0.717, 1.165) is 30.4 Å². The smallest absolute Gasteiger partial charge is 0.0790 e. The van der Waals surface area contributed by atoms with Gasteiger partial charge in [-0.1, -0.05) is 41.9 Å². The lowest BCUT2D eigenvalue weighted by atomic mass is 10.0. The zero-order chi connectivity index (χ0) is 12.8. The molecule has 0 radical (unpaired) electrons. The SMILES string of the molecule is OC(CCCc1ccncc1Cl)c1ccccc1. The van der Waals surface area contributed by atoms with Gasteiger partial charge in [0, 0.05) is 12.4 Å². The van der Waals surface area contributed by atoms with Gasteiger partial charge in [0.05, 0.1) is 11.1 Å². The number of aromatic nitrogens is 1. The topological polar surface area (TPSA) is 33.1 Å². The number of rotatable bonds is 5. The minimum Gasteiger partial charge on any atom is -0.388 e. The molecule has 18 heavy (non-hydrogen) atoms. The minimum absolute atomic E-state index is 0.396. The second kappa shape index (κ2) is 6.53. The Kier molecular flexibility index (Phi) is 4.73. The summed E-state index contributed by atoms with van der Waals surface area (Å²) in [7, 11) is 0. The molecule has 3 heteroatoms. The molecular formula is C15H16ClNO. The first-order valence-corrected chi connectivity index (χ1v) is 6.46. The quantitative estimate of drug-likeness (QED) is 0.888. The van der Waals surface area contributed by atoms with Crippen LogP contribution >= 0.6 is 11.6 Å². The van der Waals surface area contributed by atoms with Gasteiger partial charge in [0.25, 0.3) is 0 Å². The van der Waals surface area contributed by atoms with E-state index in [9.17, 15) is 5.11 Å². The number of aliphatic hydroxyl groups excluding tert-OH is 1. The molecule has 0 amide bonds. The maximum Gasteiger partial charge on any atom is 0.0790 e. The Labute approximate surface area is 112 Å². The van der Waals surface area contributed by atoms with E-state index in [-0.39, 0.29) is 0 Å². The van der Waals surface area contributed by atoms with Crippen LogP contribution in [0.25, 0.3) is 0 Å². The van der Waals surface area contributed by atoms with Crippen molar-refractivity contribution >= 4 is 11.6 Å². The van der Waals surface area contributed by atoms with E-state index in [0.29, 0.717) is 5.02 Å². The maximum atomic E-state index is 10.0. The third kappa shape index (κ3) is 3.56. The molecule has 0 aliphatic carbocycles. The molecule has 0 aliphatic heterocycles. The lowest BCUT2D eigenvalue weighted by Crippen LogP contribution is -1.98. The number of hydrogen-bond acceptors (Lipinski definition) is 2. The first-order valence-electron chi connectivity index (χ1n) is 6.09. The predicted octanol–water partition coefficient (Wildman–Crippen LogP) is 3.79. The number of nitrogens with zero attached hydrogens (tertiary/aromatic N) is 1. The number of aryl methyl sites for hydroxylation is 1. The van der Waals surface area contributed by atoms with E-state index in [1.807, 2.05) is 36.4 Å². The summed E-state index contributed by atoms with van der Waals surface area (Å²) in [6, 6.07) is 11.7. The molecule has 0 spiro atoms. The van der Waals surface area contributed by atoms with Crippen LogP contribution < -0.4 is 0 Å². The zero-order valence-corrected chi connectivity index (χ0v) is 10.8. The highest BCUT2D eigenvalue weighted by atomic mass is 35.5. The summed E-state index contributed by atoms with van der Waals surface area (Å²) < 4.78 is 0. The van der Waals surface area contributed by atoms with Crippen LogP contribution in [0.4, 0.5) is 0 Å². The van der Waals surface area contributed by atoms with Crippen LogP contribution in [-0.4, -0.2) is 10.1 Å². The molecule has 1 unspecified atom stereocenters. The lowest BCUT2D eigenvalue weighted by Gasteiger charge is -2.10. The van der Waals surface area contributed by atoms with Crippen LogP contribution in [0.1, 0.15) is 30.1 Å². The van der Waals surface area contributed by atoms with Gasteiger partial charge in [0.1, 0.15) is 0 Å². The van der Waals surface area contributed by atoms with Gasteiger partial charge >= 0.3 is 0 Å². The molecule has 0 bridgehead atoms. The number of hydrogen-bond donors (Lipinski definition) is 1. The number of benzene rings is 1. The van der Waals surface area contributed by atoms with Crippen molar-refractivity contribution in [2.45, 2.75) is 25.4 Å². The molecule has 1 aromatic heterocycles. The van der Waals surface area contributed by atoms with Crippen LogP contribution in [0.2, 0.25) is 5.02 Å². The molecule has 2 rings (SSSR count). The molecule has 0 fully saturated rings. The summed E-state index contributed by atoms with van der Waals surface area (Å²) in [5.41, 5.74) is 2.06. The van der Waals surface area contributed by atoms with Gasteiger partial charge < -0.3 is 5.11 Å². The van der Waals surface area contributed by atoms with E-state index < -0.39 is 6.10 Å². The van der Waals surface area contributed by atoms with Gasteiger partial charge in [-0.2, -0.15) is 0 Å². The first-order chi connectivity index (χ1) is 8.77. The van der Waals surface area contributed by atoms with Gasteiger partial charge in [0.2, 0.25) is 0 Å². The number of pyridine rings is 1. The summed E-state index contributed by atoms with van der Waals surface area (Å²) in [6.45, 7) is 0. The van der Waals surface area contributed by atoms with Crippen LogP contribution in [0.3, 0.4) is 0 Å². The molecule has 1 heterocycles. The van der Waals surface area contributed by atoms with Crippen molar-refractivity contribution in [3.8, 4) is 0 Å². The monoisotopic (exact) mass is 261 g/mol. The molecule has 2 aromatic rings. The molecular weight excluding hydrogens is 246 g/mol. The van der Waals surface area contributed by atoms with Crippen LogP contribution in [0.15, 0.2) is 48.8 Å². The van der Waals surface area contributed by atoms with Gasteiger partial charge in [-0.25, -0.2) is 0 Å². The summed E-state index contributed by atoms with van der Waals surface area (Å²) >= 11 is 6.03. The van der Waals surface area contributed by atoms with Crippen LogP contribution in [0, 0.1) is 0 Å². The van der Waals surface area contributed by atoms with E-state index in [1.54, 1.807) is 12.4 Å². The number of halogens is 1. The maximum absolute atomic E-state index is 10.0. The van der Waals surface area contributed by atoms with Gasteiger partial charge in [-0.3, -0.25) is 4.98 Å². The fourth-order valence-corrected chi connectivity index (χ4v) is 2.15. The summed E-state index contributed by atoms with van der Waals surface area (Å²) in [5, 5.41) is 10.7. The highest BCUT2D eigenvalue weighted by Crippen LogP contribution is 2.21.